The Labute approximate surface area is 104 Å². The van der Waals surface area contributed by atoms with Crippen molar-refractivity contribution in [2.45, 2.75) is 50.4 Å². The third kappa shape index (κ3) is 2.39. The van der Waals surface area contributed by atoms with Crippen LogP contribution in [-0.4, -0.2) is 15.2 Å². The lowest BCUT2D eigenvalue weighted by Crippen LogP contribution is -2.08. The second kappa shape index (κ2) is 4.88. The van der Waals surface area contributed by atoms with Gasteiger partial charge in [0.25, 0.3) is 0 Å². The highest BCUT2D eigenvalue weighted by atomic mass is 79.9. The molecule has 0 spiro atoms. The van der Waals surface area contributed by atoms with Crippen molar-refractivity contribution in [1.82, 2.24) is 9.78 Å². The summed E-state index contributed by atoms with van der Waals surface area (Å²) >= 11 is 9.75. The lowest BCUT2D eigenvalue weighted by molar-refractivity contribution is 0.536. The van der Waals surface area contributed by atoms with Gasteiger partial charge in [0.05, 0.1) is 16.4 Å². The number of aryl methyl sites for hydroxylation is 1. The molecule has 1 heterocycles. The Kier molecular flexibility index (Phi) is 3.73. The number of nitrogens with zero attached hydrogens (tertiary/aromatic N) is 2. The number of hydrogen-bond acceptors (Lipinski definition) is 1. The molecular formula is C11H16BrClN2. The highest BCUT2D eigenvalue weighted by molar-refractivity contribution is 9.10. The topological polar surface area (TPSA) is 17.8 Å². The van der Waals surface area contributed by atoms with Crippen LogP contribution < -0.4 is 0 Å². The first kappa shape index (κ1) is 11.5. The Morgan fingerprint density at radius 1 is 1.60 bits per heavy atom. The summed E-state index contributed by atoms with van der Waals surface area (Å²) < 4.78 is 3.27. The molecule has 0 saturated heterocycles. The van der Waals surface area contributed by atoms with E-state index in [9.17, 15) is 0 Å². The first-order chi connectivity index (χ1) is 7.22. The molecule has 1 aromatic rings. The molecule has 0 aromatic carbocycles. The third-order valence-electron chi connectivity index (χ3n) is 3.02. The van der Waals surface area contributed by atoms with Gasteiger partial charge in [-0.05, 0) is 41.6 Å². The molecule has 1 aliphatic carbocycles. The molecule has 0 N–H and O–H groups in total. The van der Waals surface area contributed by atoms with E-state index in [2.05, 4.69) is 32.6 Å². The van der Waals surface area contributed by atoms with Crippen LogP contribution in [0.4, 0.5) is 0 Å². The Hall–Kier alpha value is -0.0200. The van der Waals surface area contributed by atoms with Gasteiger partial charge in [-0.2, -0.15) is 5.10 Å². The van der Waals surface area contributed by atoms with Crippen molar-refractivity contribution in [3.05, 3.63) is 16.4 Å². The van der Waals surface area contributed by atoms with Gasteiger partial charge in [0.15, 0.2) is 0 Å². The van der Waals surface area contributed by atoms with E-state index in [4.69, 9.17) is 11.6 Å². The minimum Gasteiger partial charge on any atom is -0.268 e. The normalized spacial score (nSPS) is 26.1. The molecule has 1 saturated carbocycles. The van der Waals surface area contributed by atoms with Crippen molar-refractivity contribution in [2.75, 3.05) is 0 Å². The fraction of sp³-hybridized carbons (Fsp3) is 0.727. The van der Waals surface area contributed by atoms with Crippen molar-refractivity contribution in [3.63, 3.8) is 0 Å². The minimum absolute atomic E-state index is 0.354. The summed E-state index contributed by atoms with van der Waals surface area (Å²) in [6.07, 6.45) is 6.46. The minimum atomic E-state index is 0.354. The van der Waals surface area contributed by atoms with E-state index in [1.807, 2.05) is 6.20 Å². The molecule has 84 valence electrons. The second-order valence-electron chi connectivity index (χ2n) is 4.21. The van der Waals surface area contributed by atoms with Gasteiger partial charge in [0, 0.05) is 17.8 Å². The van der Waals surface area contributed by atoms with Crippen LogP contribution in [0.2, 0.25) is 0 Å². The molecule has 2 atom stereocenters. The standard InChI is InChI=1S/C11H16BrClN2/c1-2-5-15-11(10(12)7-14-15)8-3-4-9(13)6-8/h7-9H,2-6H2,1H3. The molecule has 0 bridgehead atoms. The molecule has 1 fully saturated rings. The Morgan fingerprint density at radius 3 is 3.00 bits per heavy atom. The van der Waals surface area contributed by atoms with Crippen molar-refractivity contribution >= 4 is 27.5 Å². The molecule has 0 amide bonds. The number of alkyl halides is 1. The van der Waals surface area contributed by atoms with Crippen LogP contribution in [0.5, 0.6) is 0 Å². The SMILES string of the molecule is CCCn1ncc(Br)c1C1CCC(Cl)C1. The van der Waals surface area contributed by atoms with Crippen LogP contribution in [0, 0.1) is 0 Å². The molecule has 0 radical (unpaired) electrons. The molecule has 1 aromatic heterocycles. The van der Waals surface area contributed by atoms with E-state index in [0.717, 1.165) is 30.3 Å². The smallest absolute Gasteiger partial charge is 0.0635 e. The zero-order chi connectivity index (χ0) is 10.8. The predicted molar refractivity (Wildman–Crippen MR) is 66.5 cm³/mol. The summed E-state index contributed by atoms with van der Waals surface area (Å²) in [5.41, 5.74) is 1.35. The van der Waals surface area contributed by atoms with Crippen molar-refractivity contribution in [3.8, 4) is 0 Å². The van der Waals surface area contributed by atoms with Crippen molar-refractivity contribution in [2.24, 2.45) is 0 Å². The quantitative estimate of drug-likeness (QED) is 0.772. The molecule has 0 aliphatic heterocycles. The summed E-state index contributed by atoms with van der Waals surface area (Å²) in [7, 11) is 0. The Morgan fingerprint density at radius 2 is 2.40 bits per heavy atom. The molecule has 2 nitrogen and oxygen atoms in total. The average Bonchev–Trinajstić information content (AvgIpc) is 2.74. The molecule has 2 unspecified atom stereocenters. The summed E-state index contributed by atoms with van der Waals surface area (Å²) in [6, 6.07) is 0. The zero-order valence-electron chi connectivity index (χ0n) is 8.92. The van der Waals surface area contributed by atoms with Gasteiger partial charge >= 0.3 is 0 Å². The number of halogens is 2. The predicted octanol–water partition coefficient (Wildman–Crippen LogP) is 3.93. The zero-order valence-corrected chi connectivity index (χ0v) is 11.3. The number of aromatic nitrogens is 2. The van der Waals surface area contributed by atoms with Crippen LogP contribution in [0.25, 0.3) is 0 Å². The molecule has 1 aliphatic rings. The van der Waals surface area contributed by atoms with E-state index in [1.165, 1.54) is 12.1 Å². The Balaban J connectivity index is 2.21. The van der Waals surface area contributed by atoms with E-state index in [-0.39, 0.29) is 0 Å². The van der Waals surface area contributed by atoms with Crippen molar-refractivity contribution < 1.29 is 0 Å². The van der Waals surface area contributed by atoms with Crippen molar-refractivity contribution in [1.29, 1.82) is 0 Å². The van der Waals surface area contributed by atoms with Gasteiger partial charge in [-0.25, -0.2) is 0 Å². The van der Waals surface area contributed by atoms with Crippen LogP contribution in [0.3, 0.4) is 0 Å². The van der Waals surface area contributed by atoms with Gasteiger partial charge in [0.2, 0.25) is 0 Å². The summed E-state index contributed by atoms with van der Waals surface area (Å²) in [5, 5.41) is 4.76. The van der Waals surface area contributed by atoms with Crippen LogP contribution in [0.1, 0.15) is 44.2 Å². The first-order valence-corrected chi connectivity index (χ1v) is 6.80. The molecule has 4 heteroatoms. The average molecular weight is 292 g/mol. The van der Waals surface area contributed by atoms with Gasteiger partial charge in [-0.15, -0.1) is 11.6 Å². The van der Waals surface area contributed by atoms with E-state index >= 15 is 0 Å². The van der Waals surface area contributed by atoms with Crippen LogP contribution in [-0.2, 0) is 6.54 Å². The lowest BCUT2D eigenvalue weighted by atomic mass is 10.0. The fourth-order valence-corrected chi connectivity index (χ4v) is 3.30. The maximum atomic E-state index is 6.16. The molecule has 15 heavy (non-hydrogen) atoms. The maximum absolute atomic E-state index is 6.16. The molecular weight excluding hydrogens is 275 g/mol. The highest BCUT2D eigenvalue weighted by Crippen LogP contribution is 2.39. The van der Waals surface area contributed by atoms with Gasteiger partial charge in [0.1, 0.15) is 0 Å². The summed E-state index contributed by atoms with van der Waals surface area (Å²) in [6.45, 7) is 3.18. The lowest BCUT2D eigenvalue weighted by Gasteiger charge is -2.13. The number of hydrogen-bond donors (Lipinski definition) is 0. The largest absolute Gasteiger partial charge is 0.268 e. The van der Waals surface area contributed by atoms with E-state index in [1.54, 1.807) is 0 Å². The van der Waals surface area contributed by atoms with Gasteiger partial charge in [-0.3, -0.25) is 4.68 Å². The van der Waals surface area contributed by atoms with Crippen LogP contribution >= 0.6 is 27.5 Å². The summed E-state index contributed by atoms with van der Waals surface area (Å²) in [4.78, 5) is 0. The third-order valence-corrected chi connectivity index (χ3v) is 4.03. The monoisotopic (exact) mass is 290 g/mol. The molecule has 2 rings (SSSR count). The van der Waals surface area contributed by atoms with E-state index in [0.29, 0.717) is 11.3 Å². The van der Waals surface area contributed by atoms with Gasteiger partial charge in [-0.1, -0.05) is 6.92 Å². The number of rotatable bonds is 3. The first-order valence-electron chi connectivity index (χ1n) is 5.57. The fourth-order valence-electron chi connectivity index (χ4n) is 2.34. The highest BCUT2D eigenvalue weighted by Gasteiger charge is 2.28. The Bertz CT molecular complexity index is 337. The summed E-state index contributed by atoms with van der Waals surface area (Å²) in [5.74, 6) is 0.593. The second-order valence-corrected chi connectivity index (χ2v) is 5.68. The van der Waals surface area contributed by atoms with Gasteiger partial charge < -0.3 is 0 Å². The van der Waals surface area contributed by atoms with Crippen LogP contribution in [0.15, 0.2) is 10.7 Å². The van der Waals surface area contributed by atoms with E-state index < -0.39 is 0 Å². The maximum Gasteiger partial charge on any atom is 0.0635 e.